The first kappa shape index (κ1) is 16.9. The molecule has 0 bridgehead atoms. The third-order valence-corrected chi connectivity index (χ3v) is 2.89. The van der Waals surface area contributed by atoms with Gasteiger partial charge in [-0.2, -0.15) is 0 Å². The Labute approximate surface area is 110 Å². The van der Waals surface area contributed by atoms with E-state index in [1.807, 2.05) is 0 Å². The predicted molar refractivity (Wildman–Crippen MR) is 73.4 cm³/mol. The normalized spacial score (nSPS) is 13.8. The summed E-state index contributed by atoms with van der Waals surface area (Å²) in [4.78, 5) is 22.7. The first-order valence-electron chi connectivity index (χ1n) is 6.83. The highest BCUT2D eigenvalue weighted by molar-refractivity contribution is 5.96. The molecule has 3 N–H and O–H groups in total. The quantitative estimate of drug-likeness (QED) is 0.621. The number of imide groups is 1. The van der Waals surface area contributed by atoms with Crippen LogP contribution in [-0.2, 0) is 4.79 Å². The number of amides is 3. The van der Waals surface area contributed by atoms with Crippen molar-refractivity contribution in [2.24, 2.45) is 0 Å². The molecule has 0 aliphatic carbocycles. The highest BCUT2D eigenvalue weighted by Crippen LogP contribution is 2.07. The molecule has 106 valence electrons. The standard InChI is InChI=1S/C13H27N3O2/c1-5-7-9-11(8-6-2)15-10(3)12(17)16-13(18)14-4/h10-11,15H,5-9H2,1-4H3,(H2,14,16,17,18). The zero-order chi connectivity index (χ0) is 14.0. The third kappa shape index (κ3) is 7.27. The van der Waals surface area contributed by atoms with Crippen molar-refractivity contribution in [3.05, 3.63) is 0 Å². The third-order valence-electron chi connectivity index (χ3n) is 2.89. The first-order chi connectivity index (χ1) is 8.54. The fraction of sp³-hybridized carbons (Fsp3) is 0.846. The molecule has 18 heavy (non-hydrogen) atoms. The van der Waals surface area contributed by atoms with Gasteiger partial charge in [0.25, 0.3) is 0 Å². The molecule has 5 heteroatoms. The average Bonchev–Trinajstić information content (AvgIpc) is 2.35. The molecule has 0 aromatic carbocycles. The second kappa shape index (κ2) is 9.88. The average molecular weight is 257 g/mol. The van der Waals surface area contributed by atoms with Crippen LogP contribution in [0.3, 0.4) is 0 Å². The zero-order valence-corrected chi connectivity index (χ0v) is 12.0. The monoisotopic (exact) mass is 257 g/mol. The van der Waals surface area contributed by atoms with Crippen molar-refractivity contribution in [3.8, 4) is 0 Å². The van der Waals surface area contributed by atoms with Crippen molar-refractivity contribution < 1.29 is 9.59 Å². The van der Waals surface area contributed by atoms with Crippen molar-refractivity contribution in [2.75, 3.05) is 7.05 Å². The summed E-state index contributed by atoms with van der Waals surface area (Å²) in [5.74, 6) is -0.285. The minimum atomic E-state index is -0.464. The van der Waals surface area contributed by atoms with E-state index in [1.54, 1.807) is 6.92 Å². The van der Waals surface area contributed by atoms with Gasteiger partial charge in [-0.15, -0.1) is 0 Å². The largest absolute Gasteiger partial charge is 0.341 e. The van der Waals surface area contributed by atoms with E-state index in [2.05, 4.69) is 29.8 Å². The van der Waals surface area contributed by atoms with Gasteiger partial charge >= 0.3 is 6.03 Å². The Morgan fingerprint density at radius 3 is 2.28 bits per heavy atom. The lowest BCUT2D eigenvalue weighted by atomic mass is 10.0. The molecule has 0 aromatic heterocycles. The molecule has 0 spiro atoms. The fourth-order valence-electron chi connectivity index (χ4n) is 1.82. The van der Waals surface area contributed by atoms with E-state index in [4.69, 9.17) is 0 Å². The summed E-state index contributed by atoms with van der Waals surface area (Å²) in [7, 11) is 1.49. The summed E-state index contributed by atoms with van der Waals surface area (Å²) in [5.41, 5.74) is 0. The van der Waals surface area contributed by atoms with Crippen molar-refractivity contribution in [3.63, 3.8) is 0 Å². The Kier molecular flexibility index (Phi) is 9.28. The van der Waals surface area contributed by atoms with E-state index in [9.17, 15) is 9.59 Å². The van der Waals surface area contributed by atoms with Crippen LogP contribution in [0.25, 0.3) is 0 Å². The number of nitrogens with one attached hydrogen (secondary N) is 3. The number of unbranched alkanes of at least 4 members (excludes halogenated alkanes) is 1. The highest BCUT2D eigenvalue weighted by Gasteiger charge is 2.18. The molecule has 0 saturated carbocycles. The SMILES string of the molecule is CCCCC(CCC)NC(C)C(=O)NC(=O)NC. The van der Waals surface area contributed by atoms with Crippen LogP contribution in [0.2, 0.25) is 0 Å². The number of hydrogen-bond donors (Lipinski definition) is 3. The molecule has 0 aliphatic rings. The topological polar surface area (TPSA) is 70.2 Å². The van der Waals surface area contributed by atoms with Gasteiger partial charge in [0, 0.05) is 13.1 Å². The van der Waals surface area contributed by atoms with Gasteiger partial charge in [0.2, 0.25) is 5.91 Å². The summed E-state index contributed by atoms with van der Waals surface area (Å²) in [6, 6.07) is -0.467. The van der Waals surface area contributed by atoms with Crippen LogP contribution in [0.4, 0.5) is 4.79 Å². The van der Waals surface area contributed by atoms with E-state index in [0.29, 0.717) is 6.04 Å². The number of carbonyl (C=O) groups is 2. The second-order valence-electron chi connectivity index (χ2n) is 4.58. The van der Waals surface area contributed by atoms with Crippen molar-refractivity contribution >= 4 is 11.9 Å². The van der Waals surface area contributed by atoms with E-state index >= 15 is 0 Å². The van der Waals surface area contributed by atoms with Crippen LogP contribution >= 0.6 is 0 Å². The van der Waals surface area contributed by atoms with Crippen molar-refractivity contribution in [1.29, 1.82) is 0 Å². The lowest BCUT2D eigenvalue weighted by Crippen LogP contribution is -2.50. The lowest BCUT2D eigenvalue weighted by Gasteiger charge is -2.22. The maximum Gasteiger partial charge on any atom is 0.321 e. The van der Waals surface area contributed by atoms with Gasteiger partial charge < -0.3 is 10.6 Å². The Balaban J connectivity index is 4.17. The van der Waals surface area contributed by atoms with E-state index < -0.39 is 6.03 Å². The van der Waals surface area contributed by atoms with E-state index in [-0.39, 0.29) is 11.9 Å². The summed E-state index contributed by atoms with van der Waals surface area (Å²) >= 11 is 0. The van der Waals surface area contributed by atoms with Crippen molar-refractivity contribution in [2.45, 2.75) is 65.0 Å². The molecule has 0 radical (unpaired) electrons. The molecular formula is C13H27N3O2. The molecule has 0 saturated heterocycles. The number of rotatable bonds is 8. The van der Waals surface area contributed by atoms with Crippen LogP contribution in [0.5, 0.6) is 0 Å². The highest BCUT2D eigenvalue weighted by atomic mass is 16.2. The smallest absolute Gasteiger partial charge is 0.321 e. The van der Waals surface area contributed by atoms with Gasteiger partial charge in [-0.25, -0.2) is 4.79 Å². The van der Waals surface area contributed by atoms with Gasteiger partial charge in [-0.1, -0.05) is 33.1 Å². The molecule has 5 nitrogen and oxygen atoms in total. The molecule has 0 aliphatic heterocycles. The molecule has 2 unspecified atom stereocenters. The Morgan fingerprint density at radius 1 is 1.11 bits per heavy atom. The van der Waals surface area contributed by atoms with Gasteiger partial charge in [0.1, 0.15) is 0 Å². The minimum absolute atomic E-state index is 0.285. The Hall–Kier alpha value is -1.10. The van der Waals surface area contributed by atoms with E-state index in [1.165, 1.54) is 7.05 Å². The minimum Gasteiger partial charge on any atom is -0.341 e. The second-order valence-corrected chi connectivity index (χ2v) is 4.58. The van der Waals surface area contributed by atoms with Gasteiger partial charge in [-0.3, -0.25) is 10.1 Å². The van der Waals surface area contributed by atoms with Gasteiger partial charge in [-0.05, 0) is 19.8 Å². The van der Waals surface area contributed by atoms with Crippen molar-refractivity contribution in [1.82, 2.24) is 16.0 Å². The number of urea groups is 1. The maximum atomic E-state index is 11.7. The summed E-state index contributed by atoms with van der Waals surface area (Å²) in [6.45, 7) is 6.08. The Bertz CT molecular complexity index is 257. The van der Waals surface area contributed by atoms with Crippen LogP contribution in [0.15, 0.2) is 0 Å². The number of carbonyl (C=O) groups excluding carboxylic acids is 2. The van der Waals surface area contributed by atoms with E-state index in [0.717, 1.165) is 32.1 Å². The molecule has 0 rings (SSSR count). The van der Waals surface area contributed by atoms with Gasteiger partial charge in [0.15, 0.2) is 0 Å². The Morgan fingerprint density at radius 2 is 1.78 bits per heavy atom. The predicted octanol–water partition coefficient (Wildman–Crippen LogP) is 1.78. The molecule has 0 heterocycles. The van der Waals surface area contributed by atoms with Crippen LogP contribution in [-0.4, -0.2) is 31.1 Å². The van der Waals surface area contributed by atoms with Crippen LogP contribution in [0.1, 0.15) is 52.9 Å². The molecule has 2 atom stereocenters. The first-order valence-corrected chi connectivity index (χ1v) is 6.83. The molecule has 0 aromatic rings. The summed E-state index contributed by atoms with van der Waals surface area (Å²) in [6.07, 6.45) is 5.52. The summed E-state index contributed by atoms with van der Waals surface area (Å²) in [5, 5.41) is 7.94. The summed E-state index contributed by atoms with van der Waals surface area (Å²) < 4.78 is 0. The molecule has 0 fully saturated rings. The van der Waals surface area contributed by atoms with Gasteiger partial charge in [0.05, 0.1) is 6.04 Å². The number of hydrogen-bond acceptors (Lipinski definition) is 3. The van der Waals surface area contributed by atoms with Crippen LogP contribution < -0.4 is 16.0 Å². The lowest BCUT2D eigenvalue weighted by molar-refractivity contribution is -0.121. The zero-order valence-electron chi connectivity index (χ0n) is 12.0. The molecule has 3 amide bonds. The molecular weight excluding hydrogens is 230 g/mol. The van der Waals surface area contributed by atoms with Crippen LogP contribution in [0, 0.1) is 0 Å². The fourth-order valence-corrected chi connectivity index (χ4v) is 1.82. The maximum absolute atomic E-state index is 11.7.